The van der Waals surface area contributed by atoms with Gasteiger partial charge in [-0.15, -0.1) is 0 Å². The van der Waals surface area contributed by atoms with Crippen molar-refractivity contribution in [3.8, 4) is 0 Å². The minimum Gasteiger partial charge on any atom is -0.459 e. The molecule has 5 atom stereocenters. The van der Waals surface area contributed by atoms with E-state index in [-0.39, 0.29) is 11.9 Å². The van der Waals surface area contributed by atoms with Gasteiger partial charge in [0.25, 0.3) is 0 Å². The molecule has 2 unspecified atom stereocenters. The number of ether oxygens (including phenoxy) is 1. The molecule has 27 heavy (non-hydrogen) atoms. The first-order valence-electron chi connectivity index (χ1n) is 10.6. The molecule has 1 saturated carbocycles. The third-order valence-corrected chi connectivity index (χ3v) is 5.66. The fraction of sp³-hybridized carbons (Fsp3) is 0.773. The number of carbonyl (C=O) groups excluding carboxylic acids is 1. The summed E-state index contributed by atoms with van der Waals surface area (Å²) in [5, 5.41) is 30.9. The summed E-state index contributed by atoms with van der Waals surface area (Å²) in [6.45, 7) is 2.16. The zero-order valence-electron chi connectivity index (χ0n) is 16.6. The molecule has 0 aromatic rings. The average Bonchev–Trinajstić information content (AvgIpc) is 3.30. The van der Waals surface area contributed by atoms with Crippen LogP contribution in [-0.4, -0.2) is 45.2 Å². The molecule has 2 rings (SSSR count). The molecular formula is C22H36O5. The number of aliphatic hydroxyl groups excluding tert-OH is 2. The van der Waals surface area contributed by atoms with Crippen LogP contribution in [0.2, 0.25) is 0 Å². The quantitative estimate of drug-likeness (QED) is 0.307. The molecular weight excluding hydrogens is 344 g/mol. The Morgan fingerprint density at radius 2 is 2.04 bits per heavy atom. The van der Waals surface area contributed by atoms with E-state index in [4.69, 9.17) is 4.74 Å². The van der Waals surface area contributed by atoms with E-state index in [1.54, 1.807) is 12.2 Å². The van der Waals surface area contributed by atoms with Gasteiger partial charge in [-0.05, 0) is 44.9 Å². The SMILES string of the molecule is CCCCC/C=C\CC(O)C(O)/C=C/[C@@H]1C[C@@]1(O)[C@H]1CCCCCC(=O)O1. The first-order chi connectivity index (χ1) is 13.0. The van der Waals surface area contributed by atoms with Crippen LogP contribution in [0.15, 0.2) is 24.3 Å². The molecule has 1 saturated heterocycles. The van der Waals surface area contributed by atoms with E-state index in [2.05, 4.69) is 13.0 Å². The van der Waals surface area contributed by atoms with Crippen LogP contribution in [0.4, 0.5) is 0 Å². The normalized spacial score (nSPS) is 31.5. The van der Waals surface area contributed by atoms with E-state index in [9.17, 15) is 20.1 Å². The molecule has 5 nitrogen and oxygen atoms in total. The van der Waals surface area contributed by atoms with E-state index in [0.29, 0.717) is 25.7 Å². The van der Waals surface area contributed by atoms with Crippen LogP contribution in [0.25, 0.3) is 0 Å². The highest BCUT2D eigenvalue weighted by atomic mass is 16.6. The van der Waals surface area contributed by atoms with Crippen LogP contribution < -0.4 is 0 Å². The van der Waals surface area contributed by atoms with Crippen molar-refractivity contribution in [2.45, 2.75) is 101 Å². The van der Waals surface area contributed by atoms with Gasteiger partial charge in [0, 0.05) is 12.3 Å². The molecule has 0 aromatic carbocycles. The van der Waals surface area contributed by atoms with Crippen LogP contribution >= 0.6 is 0 Å². The second-order valence-electron chi connectivity index (χ2n) is 8.03. The molecule has 0 bridgehead atoms. The lowest BCUT2D eigenvalue weighted by Crippen LogP contribution is -2.35. The van der Waals surface area contributed by atoms with Crippen molar-refractivity contribution in [3.63, 3.8) is 0 Å². The maximum atomic E-state index is 11.7. The Balaban J connectivity index is 1.75. The van der Waals surface area contributed by atoms with Gasteiger partial charge < -0.3 is 20.1 Å². The van der Waals surface area contributed by atoms with Crippen LogP contribution in [-0.2, 0) is 9.53 Å². The predicted molar refractivity (Wildman–Crippen MR) is 105 cm³/mol. The summed E-state index contributed by atoms with van der Waals surface area (Å²) in [5.74, 6) is -0.370. The van der Waals surface area contributed by atoms with E-state index in [0.717, 1.165) is 32.1 Å². The number of aliphatic hydroxyl groups is 3. The Hall–Kier alpha value is -1.17. The molecule has 5 heteroatoms. The minimum absolute atomic E-state index is 0.138. The van der Waals surface area contributed by atoms with E-state index >= 15 is 0 Å². The number of rotatable bonds is 10. The monoisotopic (exact) mass is 380 g/mol. The highest BCUT2D eigenvalue weighted by molar-refractivity contribution is 5.69. The molecule has 0 spiro atoms. The summed E-state index contributed by atoms with van der Waals surface area (Å²) in [6, 6.07) is 0. The third-order valence-electron chi connectivity index (χ3n) is 5.66. The molecule has 154 valence electrons. The Bertz CT molecular complexity index is 515. The summed E-state index contributed by atoms with van der Waals surface area (Å²) in [7, 11) is 0. The van der Waals surface area contributed by atoms with Gasteiger partial charge in [0.1, 0.15) is 11.7 Å². The number of carbonyl (C=O) groups is 1. The molecule has 0 radical (unpaired) electrons. The smallest absolute Gasteiger partial charge is 0.306 e. The van der Waals surface area contributed by atoms with E-state index in [1.807, 2.05) is 6.08 Å². The molecule has 0 aromatic heterocycles. The number of hydrogen-bond acceptors (Lipinski definition) is 5. The van der Waals surface area contributed by atoms with Gasteiger partial charge >= 0.3 is 5.97 Å². The van der Waals surface area contributed by atoms with Crippen molar-refractivity contribution >= 4 is 5.97 Å². The first-order valence-corrected chi connectivity index (χ1v) is 10.6. The Labute approximate surface area is 163 Å². The largest absolute Gasteiger partial charge is 0.459 e. The Morgan fingerprint density at radius 3 is 2.81 bits per heavy atom. The van der Waals surface area contributed by atoms with Gasteiger partial charge in [-0.1, -0.05) is 50.5 Å². The topological polar surface area (TPSA) is 87.0 Å². The maximum Gasteiger partial charge on any atom is 0.306 e. The molecule has 1 heterocycles. The van der Waals surface area contributed by atoms with Crippen molar-refractivity contribution in [2.75, 3.05) is 0 Å². The van der Waals surface area contributed by atoms with Gasteiger partial charge in [-0.3, -0.25) is 4.79 Å². The van der Waals surface area contributed by atoms with Gasteiger partial charge in [-0.25, -0.2) is 0 Å². The molecule has 0 amide bonds. The molecule has 2 fully saturated rings. The summed E-state index contributed by atoms with van der Waals surface area (Å²) in [5.41, 5.74) is -1.02. The second-order valence-corrected chi connectivity index (χ2v) is 8.03. The number of esters is 1. The lowest BCUT2D eigenvalue weighted by atomic mass is 9.99. The van der Waals surface area contributed by atoms with Crippen LogP contribution in [0, 0.1) is 5.92 Å². The number of unbranched alkanes of at least 4 members (excludes halogenated alkanes) is 3. The second kappa shape index (κ2) is 11.0. The highest BCUT2D eigenvalue weighted by Gasteiger charge is 2.58. The highest BCUT2D eigenvalue weighted by Crippen LogP contribution is 2.50. The standard InChI is InChI=1S/C22H36O5/c1-2-3-4-5-6-8-11-18(23)19(24)15-14-17-16-22(17,26)20-12-9-7-10-13-21(25)27-20/h6,8,14-15,17-20,23-24,26H,2-5,7,9-13,16H2,1H3/b8-6-,15-14+/t17-,18?,19?,20-,22+/m1/s1. The lowest BCUT2D eigenvalue weighted by Gasteiger charge is -2.25. The van der Waals surface area contributed by atoms with Crippen molar-refractivity contribution in [1.82, 2.24) is 0 Å². The predicted octanol–water partition coefficient (Wildman–Crippen LogP) is 3.42. The molecule has 3 N–H and O–H groups in total. The Kier molecular flexibility index (Phi) is 9.00. The van der Waals surface area contributed by atoms with Crippen LogP contribution in [0.5, 0.6) is 0 Å². The molecule has 2 aliphatic rings. The number of cyclic esters (lactones) is 1. The Morgan fingerprint density at radius 1 is 1.22 bits per heavy atom. The fourth-order valence-corrected chi connectivity index (χ4v) is 3.68. The van der Waals surface area contributed by atoms with Gasteiger partial charge in [0.15, 0.2) is 0 Å². The zero-order valence-corrected chi connectivity index (χ0v) is 16.6. The van der Waals surface area contributed by atoms with Crippen molar-refractivity contribution in [3.05, 3.63) is 24.3 Å². The maximum absolute atomic E-state index is 11.7. The number of hydrogen-bond donors (Lipinski definition) is 3. The van der Waals surface area contributed by atoms with Crippen molar-refractivity contribution in [1.29, 1.82) is 0 Å². The fourth-order valence-electron chi connectivity index (χ4n) is 3.68. The van der Waals surface area contributed by atoms with Gasteiger partial charge in [0.2, 0.25) is 0 Å². The van der Waals surface area contributed by atoms with Gasteiger partial charge in [0.05, 0.1) is 12.2 Å². The average molecular weight is 381 g/mol. The summed E-state index contributed by atoms with van der Waals surface area (Å²) in [4.78, 5) is 11.7. The lowest BCUT2D eigenvalue weighted by molar-refractivity contribution is -0.159. The minimum atomic E-state index is -1.02. The third kappa shape index (κ3) is 7.05. The number of allylic oxidation sites excluding steroid dienone is 1. The zero-order chi connectivity index (χ0) is 19.7. The van der Waals surface area contributed by atoms with E-state index < -0.39 is 23.9 Å². The summed E-state index contributed by atoms with van der Waals surface area (Å²) in [6.07, 6.45) is 14.4. The van der Waals surface area contributed by atoms with Gasteiger partial charge in [-0.2, -0.15) is 0 Å². The van der Waals surface area contributed by atoms with Crippen LogP contribution in [0.1, 0.15) is 77.6 Å². The van der Waals surface area contributed by atoms with Crippen molar-refractivity contribution in [2.24, 2.45) is 5.92 Å². The molecule has 1 aliphatic carbocycles. The molecule has 1 aliphatic heterocycles. The van der Waals surface area contributed by atoms with Crippen LogP contribution in [0.3, 0.4) is 0 Å². The first kappa shape index (κ1) is 22.1. The van der Waals surface area contributed by atoms with Crippen molar-refractivity contribution < 1.29 is 24.9 Å². The summed E-state index contributed by atoms with van der Waals surface area (Å²) < 4.78 is 5.45. The van der Waals surface area contributed by atoms with E-state index in [1.165, 1.54) is 12.8 Å². The summed E-state index contributed by atoms with van der Waals surface area (Å²) >= 11 is 0.